The first-order chi connectivity index (χ1) is 11.5. The maximum absolute atomic E-state index is 12.0. The average Bonchev–Trinajstić information content (AvgIpc) is 2.99. The summed E-state index contributed by atoms with van der Waals surface area (Å²) in [5, 5.41) is 4.05. The molecule has 5 nitrogen and oxygen atoms in total. The normalized spacial score (nSPS) is 10.6. The molecule has 0 aliphatic heterocycles. The van der Waals surface area contributed by atoms with Crippen LogP contribution in [0.5, 0.6) is 0 Å². The van der Waals surface area contributed by atoms with Gasteiger partial charge in [-0.1, -0.05) is 29.8 Å². The van der Waals surface area contributed by atoms with Crippen LogP contribution in [-0.2, 0) is 9.53 Å². The van der Waals surface area contributed by atoms with Gasteiger partial charge in [0.15, 0.2) is 6.61 Å². The highest BCUT2D eigenvalue weighted by Gasteiger charge is 2.15. The molecule has 1 aromatic heterocycles. The molecule has 0 saturated carbocycles. The van der Waals surface area contributed by atoms with Crippen molar-refractivity contribution < 1.29 is 18.7 Å². The van der Waals surface area contributed by atoms with Crippen molar-refractivity contribution >= 4 is 40.1 Å². The van der Waals surface area contributed by atoms with E-state index in [1.807, 2.05) is 25.1 Å². The SMILES string of the molecule is Cc1cc(Cl)ccc1NC(=O)COC(=O)c1cc2ccccc2o1. The molecular formula is C18H14ClNO4. The largest absolute Gasteiger partial charge is 0.450 e. The molecule has 24 heavy (non-hydrogen) atoms. The molecule has 1 N–H and O–H groups in total. The second kappa shape index (κ2) is 6.76. The van der Waals surface area contributed by atoms with Crippen LogP contribution in [0.25, 0.3) is 11.0 Å². The van der Waals surface area contributed by atoms with Gasteiger partial charge >= 0.3 is 5.97 Å². The number of carbonyl (C=O) groups is 2. The number of hydrogen-bond donors (Lipinski definition) is 1. The topological polar surface area (TPSA) is 68.5 Å². The van der Waals surface area contributed by atoms with E-state index in [1.54, 1.807) is 30.3 Å². The van der Waals surface area contributed by atoms with Crippen molar-refractivity contribution in [3.63, 3.8) is 0 Å². The molecule has 0 saturated heterocycles. The number of fused-ring (bicyclic) bond motifs is 1. The van der Waals surface area contributed by atoms with Crippen molar-refractivity contribution in [1.29, 1.82) is 0 Å². The summed E-state index contributed by atoms with van der Waals surface area (Å²) in [6.45, 7) is 1.42. The van der Waals surface area contributed by atoms with Gasteiger partial charge in [0, 0.05) is 16.1 Å². The summed E-state index contributed by atoms with van der Waals surface area (Å²) in [7, 11) is 0. The summed E-state index contributed by atoms with van der Waals surface area (Å²) in [5.74, 6) is -1.06. The van der Waals surface area contributed by atoms with Crippen LogP contribution in [0.1, 0.15) is 16.1 Å². The van der Waals surface area contributed by atoms with Crippen LogP contribution in [0.4, 0.5) is 5.69 Å². The van der Waals surface area contributed by atoms with Gasteiger partial charge in [-0.2, -0.15) is 0 Å². The molecule has 0 atom stereocenters. The van der Waals surface area contributed by atoms with Crippen LogP contribution in [0.2, 0.25) is 5.02 Å². The molecule has 0 unspecified atom stereocenters. The average molecular weight is 344 g/mol. The Morgan fingerprint density at radius 2 is 1.96 bits per heavy atom. The van der Waals surface area contributed by atoms with Crippen LogP contribution in [0, 0.1) is 6.92 Å². The standard InChI is InChI=1S/C18H14ClNO4/c1-11-8-13(19)6-7-14(11)20-17(21)10-23-18(22)16-9-12-4-2-3-5-15(12)24-16/h2-9H,10H2,1H3,(H,20,21). The third kappa shape index (κ3) is 3.58. The van der Waals surface area contributed by atoms with Crippen molar-refractivity contribution in [3.8, 4) is 0 Å². The molecule has 3 rings (SSSR count). The number of carbonyl (C=O) groups excluding carboxylic acids is 2. The molecule has 1 heterocycles. The van der Waals surface area contributed by atoms with E-state index in [9.17, 15) is 9.59 Å². The number of hydrogen-bond acceptors (Lipinski definition) is 4. The van der Waals surface area contributed by atoms with Gasteiger partial charge in [-0.25, -0.2) is 4.79 Å². The number of nitrogens with one attached hydrogen (secondary N) is 1. The third-order valence-corrected chi connectivity index (χ3v) is 3.66. The Morgan fingerprint density at radius 1 is 1.17 bits per heavy atom. The predicted molar refractivity (Wildman–Crippen MR) is 91.3 cm³/mol. The van der Waals surface area contributed by atoms with Gasteiger partial charge in [0.05, 0.1) is 0 Å². The summed E-state index contributed by atoms with van der Waals surface area (Å²) in [5.41, 5.74) is 2.02. The van der Waals surface area contributed by atoms with Crippen LogP contribution >= 0.6 is 11.6 Å². The maximum atomic E-state index is 12.0. The highest BCUT2D eigenvalue weighted by molar-refractivity contribution is 6.30. The Morgan fingerprint density at radius 3 is 2.71 bits per heavy atom. The second-order valence-electron chi connectivity index (χ2n) is 5.23. The summed E-state index contributed by atoms with van der Waals surface area (Å²) in [4.78, 5) is 23.9. The highest BCUT2D eigenvalue weighted by atomic mass is 35.5. The van der Waals surface area contributed by atoms with Gasteiger partial charge < -0.3 is 14.5 Å². The number of rotatable bonds is 4. The Balaban J connectivity index is 1.60. The molecule has 0 bridgehead atoms. The lowest BCUT2D eigenvalue weighted by Gasteiger charge is -2.08. The maximum Gasteiger partial charge on any atom is 0.374 e. The molecule has 0 spiro atoms. The minimum absolute atomic E-state index is 0.0617. The fourth-order valence-corrected chi connectivity index (χ4v) is 2.46. The monoisotopic (exact) mass is 343 g/mol. The van der Waals surface area contributed by atoms with Crippen LogP contribution < -0.4 is 5.32 Å². The molecule has 0 aliphatic rings. The molecule has 6 heteroatoms. The van der Waals surface area contributed by atoms with Gasteiger partial charge in [0.2, 0.25) is 5.76 Å². The summed E-state index contributed by atoms with van der Waals surface area (Å²) >= 11 is 5.87. The van der Waals surface area contributed by atoms with Gasteiger partial charge in [0.1, 0.15) is 5.58 Å². The summed E-state index contributed by atoms with van der Waals surface area (Å²) in [6, 6.07) is 13.9. The van der Waals surface area contributed by atoms with E-state index in [-0.39, 0.29) is 5.76 Å². The number of halogens is 1. The quantitative estimate of drug-likeness (QED) is 0.721. The van der Waals surface area contributed by atoms with Crippen molar-refractivity contribution in [1.82, 2.24) is 0 Å². The Labute approximate surface area is 143 Å². The molecule has 3 aromatic rings. The molecule has 0 radical (unpaired) electrons. The number of aryl methyl sites for hydroxylation is 1. The first-order valence-corrected chi connectivity index (χ1v) is 7.62. The van der Waals surface area contributed by atoms with E-state index < -0.39 is 18.5 Å². The molecular weight excluding hydrogens is 330 g/mol. The summed E-state index contributed by atoms with van der Waals surface area (Å²) < 4.78 is 10.4. The van der Waals surface area contributed by atoms with E-state index in [1.165, 1.54) is 0 Å². The molecule has 1 amide bonds. The zero-order chi connectivity index (χ0) is 17.1. The first-order valence-electron chi connectivity index (χ1n) is 7.24. The number of ether oxygens (including phenoxy) is 1. The Kier molecular flexibility index (Phi) is 4.53. The van der Waals surface area contributed by atoms with E-state index >= 15 is 0 Å². The van der Waals surface area contributed by atoms with E-state index in [2.05, 4.69) is 5.32 Å². The zero-order valence-electron chi connectivity index (χ0n) is 12.8. The second-order valence-corrected chi connectivity index (χ2v) is 5.67. The number of esters is 1. The predicted octanol–water partition coefficient (Wildman–Crippen LogP) is 4.19. The van der Waals surface area contributed by atoms with E-state index in [0.29, 0.717) is 16.3 Å². The Hall–Kier alpha value is -2.79. The van der Waals surface area contributed by atoms with Gasteiger partial charge in [-0.05, 0) is 42.8 Å². The van der Waals surface area contributed by atoms with E-state index in [0.717, 1.165) is 10.9 Å². The van der Waals surface area contributed by atoms with Crippen LogP contribution in [-0.4, -0.2) is 18.5 Å². The lowest BCUT2D eigenvalue weighted by atomic mass is 10.2. The fraction of sp³-hybridized carbons (Fsp3) is 0.111. The summed E-state index contributed by atoms with van der Waals surface area (Å²) in [6.07, 6.45) is 0. The fourth-order valence-electron chi connectivity index (χ4n) is 2.24. The van der Waals surface area contributed by atoms with Crippen molar-refractivity contribution in [2.24, 2.45) is 0 Å². The molecule has 122 valence electrons. The lowest BCUT2D eigenvalue weighted by molar-refractivity contribution is -0.119. The minimum Gasteiger partial charge on any atom is -0.450 e. The lowest BCUT2D eigenvalue weighted by Crippen LogP contribution is -2.21. The van der Waals surface area contributed by atoms with Gasteiger partial charge in [0.25, 0.3) is 5.91 Å². The van der Waals surface area contributed by atoms with Gasteiger partial charge in [-0.15, -0.1) is 0 Å². The minimum atomic E-state index is -0.686. The highest BCUT2D eigenvalue weighted by Crippen LogP contribution is 2.20. The number of amides is 1. The van der Waals surface area contributed by atoms with Crippen molar-refractivity contribution in [3.05, 3.63) is 64.9 Å². The Bertz CT molecular complexity index is 883. The molecule has 0 aliphatic carbocycles. The van der Waals surface area contributed by atoms with Crippen LogP contribution in [0.15, 0.2) is 52.9 Å². The number of para-hydroxylation sites is 1. The molecule has 2 aromatic carbocycles. The van der Waals surface area contributed by atoms with Gasteiger partial charge in [-0.3, -0.25) is 4.79 Å². The third-order valence-electron chi connectivity index (χ3n) is 3.42. The van der Waals surface area contributed by atoms with E-state index in [4.69, 9.17) is 20.8 Å². The first kappa shape index (κ1) is 16.1. The van der Waals surface area contributed by atoms with Crippen molar-refractivity contribution in [2.75, 3.05) is 11.9 Å². The molecule has 0 fully saturated rings. The number of benzene rings is 2. The van der Waals surface area contributed by atoms with Crippen molar-refractivity contribution in [2.45, 2.75) is 6.92 Å². The number of anilines is 1. The zero-order valence-corrected chi connectivity index (χ0v) is 13.6. The number of furan rings is 1. The smallest absolute Gasteiger partial charge is 0.374 e. The van der Waals surface area contributed by atoms with Crippen LogP contribution in [0.3, 0.4) is 0 Å².